The third-order valence-corrected chi connectivity index (χ3v) is 4.58. The molecule has 8 nitrogen and oxygen atoms in total. The maximum atomic E-state index is 12.4. The Labute approximate surface area is 154 Å². The number of carbonyl (C=O) groups is 2. The molecule has 138 valence electrons. The van der Waals surface area contributed by atoms with Gasteiger partial charge in [-0.25, -0.2) is 4.79 Å². The molecular formula is C17H18ClN3O5. The molecule has 0 radical (unpaired) electrons. The van der Waals surface area contributed by atoms with Crippen LogP contribution in [0.2, 0.25) is 5.02 Å². The van der Waals surface area contributed by atoms with E-state index >= 15 is 0 Å². The third-order valence-electron chi connectivity index (χ3n) is 4.32. The number of hydrogen-bond donors (Lipinski definition) is 1. The van der Waals surface area contributed by atoms with Crippen molar-refractivity contribution in [3.8, 4) is 11.4 Å². The number of carbonyl (C=O) groups excluding carboxylic acids is 1. The number of rotatable bonds is 6. The summed E-state index contributed by atoms with van der Waals surface area (Å²) >= 11 is 5.85. The van der Waals surface area contributed by atoms with E-state index in [9.17, 15) is 14.7 Å². The van der Waals surface area contributed by atoms with Crippen molar-refractivity contribution in [2.24, 2.45) is 0 Å². The normalized spacial score (nSPS) is 19.7. The molecule has 0 spiro atoms. The lowest BCUT2D eigenvalue weighted by atomic mass is 10.2. The topological polar surface area (TPSA) is 106 Å². The Hall–Kier alpha value is -2.45. The molecule has 1 aromatic carbocycles. The Bertz CT molecular complexity index is 792. The molecule has 0 saturated carbocycles. The number of likely N-dealkylation sites (tertiary alicyclic amines) is 1. The van der Waals surface area contributed by atoms with E-state index in [0.717, 1.165) is 5.56 Å². The van der Waals surface area contributed by atoms with Crippen LogP contribution < -0.4 is 0 Å². The predicted molar refractivity (Wildman–Crippen MR) is 91.6 cm³/mol. The maximum absolute atomic E-state index is 12.4. The number of carboxylic acid groups (broad SMARTS) is 1. The summed E-state index contributed by atoms with van der Waals surface area (Å²) < 4.78 is 10.4. The first-order valence-corrected chi connectivity index (χ1v) is 8.49. The Kier molecular flexibility index (Phi) is 5.53. The molecule has 1 N–H and O–H groups in total. The maximum Gasteiger partial charge on any atom is 0.326 e. The van der Waals surface area contributed by atoms with Gasteiger partial charge in [-0.1, -0.05) is 16.8 Å². The second-order valence-corrected chi connectivity index (χ2v) is 6.45. The molecule has 1 amide bonds. The van der Waals surface area contributed by atoms with E-state index in [2.05, 4.69) is 10.1 Å². The van der Waals surface area contributed by atoms with Gasteiger partial charge < -0.3 is 19.3 Å². The second-order valence-electron chi connectivity index (χ2n) is 6.01. The van der Waals surface area contributed by atoms with E-state index in [-0.39, 0.29) is 31.4 Å². The Balaban J connectivity index is 1.61. The minimum Gasteiger partial charge on any atom is -0.480 e. The molecule has 2 unspecified atom stereocenters. The van der Waals surface area contributed by atoms with E-state index in [1.54, 1.807) is 24.3 Å². The Morgan fingerprint density at radius 3 is 2.77 bits per heavy atom. The van der Waals surface area contributed by atoms with Crippen molar-refractivity contribution in [2.45, 2.75) is 31.4 Å². The third kappa shape index (κ3) is 4.03. The first kappa shape index (κ1) is 18.3. The van der Waals surface area contributed by atoms with Crippen molar-refractivity contribution in [2.75, 3.05) is 13.7 Å². The van der Waals surface area contributed by atoms with Gasteiger partial charge in [0.05, 0.1) is 6.10 Å². The SMILES string of the molecule is COC1CC(C(=O)O)N(C(=O)CCc2nc(-c3ccc(Cl)cc3)no2)C1. The van der Waals surface area contributed by atoms with Crippen LogP contribution >= 0.6 is 11.6 Å². The van der Waals surface area contributed by atoms with Gasteiger partial charge >= 0.3 is 5.97 Å². The molecule has 9 heteroatoms. The molecule has 3 rings (SSSR count). The van der Waals surface area contributed by atoms with Crippen molar-refractivity contribution >= 4 is 23.5 Å². The zero-order chi connectivity index (χ0) is 18.7. The second kappa shape index (κ2) is 7.84. The van der Waals surface area contributed by atoms with Crippen LogP contribution in [0.4, 0.5) is 0 Å². The number of nitrogens with zero attached hydrogens (tertiary/aromatic N) is 3. The largest absolute Gasteiger partial charge is 0.480 e. The number of aryl methyl sites for hydroxylation is 1. The van der Waals surface area contributed by atoms with Crippen LogP contribution in [0.5, 0.6) is 0 Å². The highest BCUT2D eigenvalue weighted by Gasteiger charge is 2.39. The summed E-state index contributed by atoms with van der Waals surface area (Å²) in [6, 6.07) is 6.13. The smallest absolute Gasteiger partial charge is 0.326 e. The van der Waals surface area contributed by atoms with Gasteiger partial charge in [0.1, 0.15) is 6.04 Å². The van der Waals surface area contributed by atoms with Crippen LogP contribution in [0, 0.1) is 0 Å². The van der Waals surface area contributed by atoms with Gasteiger partial charge in [-0.2, -0.15) is 4.98 Å². The molecule has 1 aromatic heterocycles. The zero-order valence-electron chi connectivity index (χ0n) is 14.1. The zero-order valence-corrected chi connectivity index (χ0v) is 14.8. The average Bonchev–Trinajstić information content (AvgIpc) is 3.27. The van der Waals surface area contributed by atoms with Crippen LogP contribution in [-0.2, 0) is 20.7 Å². The number of amides is 1. The number of hydrogen-bond acceptors (Lipinski definition) is 6. The van der Waals surface area contributed by atoms with Gasteiger partial charge in [-0.3, -0.25) is 4.79 Å². The summed E-state index contributed by atoms with van der Waals surface area (Å²) in [6.45, 7) is 0.270. The molecule has 1 aliphatic heterocycles. The lowest BCUT2D eigenvalue weighted by molar-refractivity contribution is -0.148. The van der Waals surface area contributed by atoms with Crippen molar-refractivity contribution in [3.05, 3.63) is 35.2 Å². The van der Waals surface area contributed by atoms with Gasteiger partial charge in [-0.15, -0.1) is 0 Å². The number of methoxy groups -OCH3 is 1. The van der Waals surface area contributed by atoms with Crippen molar-refractivity contribution in [1.82, 2.24) is 15.0 Å². The molecule has 2 heterocycles. The van der Waals surface area contributed by atoms with Crippen molar-refractivity contribution in [3.63, 3.8) is 0 Å². The van der Waals surface area contributed by atoms with E-state index < -0.39 is 12.0 Å². The molecule has 0 bridgehead atoms. The summed E-state index contributed by atoms with van der Waals surface area (Å²) in [6.07, 6.45) is 0.348. The number of ether oxygens (including phenoxy) is 1. The highest BCUT2D eigenvalue weighted by molar-refractivity contribution is 6.30. The van der Waals surface area contributed by atoms with Crippen LogP contribution in [-0.4, -0.2) is 57.8 Å². The van der Waals surface area contributed by atoms with Gasteiger partial charge in [-0.05, 0) is 24.3 Å². The monoisotopic (exact) mass is 379 g/mol. The average molecular weight is 380 g/mol. The standard InChI is InChI=1S/C17H18ClN3O5/c1-25-12-8-13(17(23)24)21(9-12)15(22)7-6-14-19-16(20-26-14)10-2-4-11(18)5-3-10/h2-5,12-13H,6-9H2,1H3,(H,23,24). The van der Waals surface area contributed by atoms with Gasteiger partial charge in [0.25, 0.3) is 0 Å². The summed E-state index contributed by atoms with van der Waals surface area (Å²) in [4.78, 5) is 29.4. The predicted octanol–water partition coefficient (Wildman–Crippen LogP) is 2.02. The summed E-state index contributed by atoms with van der Waals surface area (Å²) in [5, 5.41) is 13.8. The summed E-state index contributed by atoms with van der Waals surface area (Å²) in [5.74, 6) is -0.574. The first-order valence-electron chi connectivity index (χ1n) is 8.11. The minimum absolute atomic E-state index is 0.0858. The van der Waals surface area contributed by atoms with E-state index in [4.69, 9.17) is 20.9 Å². The van der Waals surface area contributed by atoms with E-state index in [0.29, 0.717) is 23.2 Å². The number of halogens is 1. The molecule has 2 atom stereocenters. The van der Waals surface area contributed by atoms with Crippen molar-refractivity contribution < 1.29 is 24.0 Å². The minimum atomic E-state index is -1.03. The molecule has 26 heavy (non-hydrogen) atoms. The first-order chi connectivity index (χ1) is 12.5. The number of benzene rings is 1. The molecule has 1 saturated heterocycles. The Morgan fingerprint density at radius 2 is 2.12 bits per heavy atom. The quantitative estimate of drug-likeness (QED) is 0.818. The summed E-state index contributed by atoms with van der Waals surface area (Å²) in [7, 11) is 1.51. The highest BCUT2D eigenvalue weighted by Crippen LogP contribution is 2.22. The lowest BCUT2D eigenvalue weighted by Crippen LogP contribution is -2.40. The van der Waals surface area contributed by atoms with Crippen molar-refractivity contribution in [1.29, 1.82) is 0 Å². The van der Waals surface area contributed by atoms with Crippen LogP contribution in [0.15, 0.2) is 28.8 Å². The number of aliphatic carboxylic acids is 1. The highest BCUT2D eigenvalue weighted by atomic mass is 35.5. The molecular weight excluding hydrogens is 362 g/mol. The van der Waals surface area contributed by atoms with Gasteiger partial charge in [0.2, 0.25) is 17.6 Å². The molecule has 1 aliphatic rings. The fourth-order valence-corrected chi connectivity index (χ4v) is 3.03. The fraction of sp³-hybridized carbons (Fsp3) is 0.412. The fourth-order valence-electron chi connectivity index (χ4n) is 2.91. The molecule has 1 fully saturated rings. The van der Waals surface area contributed by atoms with Gasteiger partial charge in [0.15, 0.2) is 0 Å². The summed E-state index contributed by atoms with van der Waals surface area (Å²) in [5.41, 5.74) is 0.754. The number of carboxylic acids is 1. The lowest BCUT2D eigenvalue weighted by Gasteiger charge is -2.20. The Morgan fingerprint density at radius 1 is 1.38 bits per heavy atom. The molecule has 0 aliphatic carbocycles. The van der Waals surface area contributed by atoms with Crippen LogP contribution in [0.25, 0.3) is 11.4 Å². The van der Waals surface area contributed by atoms with Gasteiger partial charge in [0, 0.05) is 43.5 Å². The van der Waals surface area contributed by atoms with Crippen LogP contribution in [0.1, 0.15) is 18.7 Å². The molecule has 2 aromatic rings. The van der Waals surface area contributed by atoms with E-state index in [1.807, 2.05) is 0 Å². The van der Waals surface area contributed by atoms with Crippen LogP contribution in [0.3, 0.4) is 0 Å². The number of aromatic nitrogens is 2. The van der Waals surface area contributed by atoms with E-state index in [1.165, 1.54) is 12.0 Å².